The first-order valence-electron chi connectivity index (χ1n) is 7.09. The van der Waals surface area contributed by atoms with Crippen molar-refractivity contribution in [1.29, 1.82) is 0 Å². The summed E-state index contributed by atoms with van der Waals surface area (Å²) in [6, 6.07) is 0.412. The highest BCUT2D eigenvalue weighted by atomic mass is 16.5. The average Bonchev–Trinajstić information content (AvgIpc) is 2.33. The van der Waals surface area contributed by atoms with E-state index < -0.39 is 6.10 Å². The van der Waals surface area contributed by atoms with Gasteiger partial charge >= 0.3 is 0 Å². The summed E-state index contributed by atoms with van der Waals surface area (Å²) >= 11 is 0. The zero-order valence-corrected chi connectivity index (χ0v) is 12.6. The zero-order valence-electron chi connectivity index (χ0n) is 12.6. The van der Waals surface area contributed by atoms with Crippen LogP contribution in [0.1, 0.15) is 33.6 Å². The molecule has 5 nitrogen and oxygen atoms in total. The maximum atomic E-state index is 9.87. The van der Waals surface area contributed by atoms with Crippen LogP contribution < -0.4 is 5.32 Å². The number of aliphatic hydroxyl groups is 1. The maximum Gasteiger partial charge on any atom is 0.0897 e. The molecular weight excluding hydrogens is 246 g/mol. The molecule has 0 aromatic heterocycles. The lowest BCUT2D eigenvalue weighted by atomic mass is 9.94. The lowest BCUT2D eigenvalue weighted by molar-refractivity contribution is -0.0662. The largest absolute Gasteiger partial charge is 0.389 e. The molecule has 0 aromatic rings. The molecule has 1 heterocycles. The first kappa shape index (κ1) is 16.9. The third kappa shape index (κ3) is 7.22. The molecule has 1 saturated heterocycles. The van der Waals surface area contributed by atoms with E-state index in [-0.39, 0.29) is 11.7 Å². The van der Waals surface area contributed by atoms with Crippen LogP contribution in [0.3, 0.4) is 0 Å². The number of ether oxygens (including phenoxy) is 3. The van der Waals surface area contributed by atoms with Crippen molar-refractivity contribution in [3.05, 3.63) is 0 Å². The van der Waals surface area contributed by atoms with E-state index >= 15 is 0 Å². The van der Waals surface area contributed by atoms with E-state index in [1.807, 2.05) is 6.92 Å². The molecule has 3 atom stereocenters. The minimum Gasteiger partial charge on any atom is -0.389 e. The average molecular weight is 275 g/mol. The summed E-state index contributed by atoms with van der Waals surface area (Å²) in [4.78, 5) is 0. The van der Waals surface area contributed by atoms with Gasteiger partial charge in [-0.15, -0.1) is 0 Å². The Morgan fingerprint density at radius 2 is 2.16 bits per heavy atom. The third-order valence-corrected chi connectivity index (χ3v) is 3.31. The number of nitrogens with one attached hydrogen (secondary N) is 1. The minimum absolute atomic E-state index is 0.0154. The molecule has 1 rings (SSSR count). The fraction of sp³-hybridized carbons (Fsp3) is 1.00. The van der Waals surface area contributed by atoms with Crippen LogP contribution in [0.25, 0.3) is 0 Å². The van der Waals surface area contributed by atoms with Gasteiger partial charge in [0, 0.05) is 26.3 Å². The first-order valence-corrected chi connectivity index (χ1v) is 7.09. The van der Waals surface area contributed by atoms with Crippen molar-refractivity contribution < 1.29 is 19.3 Å². The Labute approximate surface area is 116 Å². The Kier molecular flexibility index (Phi) is 7.25. The second-order valence-corrected chi connectivity index (χ2v) is 5.96. The molecule has 0 saturated carbocycles. The summed E-state index contributed by atoms with van der Waals surface area (Å²) in [6.07, 6.45) is 1.50. The van der Waals surface area contributed by atoms with Crippen molar-refractivity contribution in [3.8, 4) is 0 Å². The van der Waals surface area contributed by atoms with Gasteiger partial charge in [-0.25, -0.2) is 0 Å². The number of aliphatic hydroxyl groups excluding tert-OH is 1. The van der Waals surface area contributed by atoms with Gasteiger partial charge in [-0.2, -0.15) is 0 Å². The number of rotatable bonds is 8. The van der Waals surface area contributed by atoms with E-state index in [1.54, 1.807) is 7.11 Å². The molecule has 1 fully saturated rings. The van der Waals surface area contributed by atoms with Crippen LogP contribution in [0.15, 0.2) is 0 Å². The van der Waals surface area contributed by atoms with Gasteiger partial charge in [0.1, 0.15) is 0 Å². The first-order chi connectivity index (χ1) is 8.93. The van der Waals surface area contributed by atoms with Gasteiger partial charge < -0.3 is 24.6 Å². The molecule has 5 heteroatoms. The fourth-order valence-corrected chi connectivity index (χ4v) is 2.33. The molecule has 19 heavy (non-hydrogen) atoms. The Bertz CT molecular complexity index is 248. The Hall–Kier alpha value is -0.200. The fourth-order valence-electron chi connectivity index (χ4n) is 2.33. The van der Waals surface area contributed by atoms with E-state index in [1.165, 1.54) is 0 Å². The Morgan fingerprint density at radius 1 is 1.42 bits per heavy atom. The van der Waals surface area contributed by atoms with Crippen molar-refractivity contribution in [1.82, 2.24) is 5.32 Å². The van der Waals surface area contributed by atoms with Gasteiger partial charge in [0.25, 0.3) is 0 Å². The highest BCUT2D eigenvalue weighted by Gasteiger charge is 2.28. The lowest BCUT2D eigenvalue weighted by Crippen LogP contribution is -2.46. The van der Waals surface area contributed by atoms with Gasteiger partial charge in [0.15, 0.2) is 0 Å². The molecule has 0 aliphatic carbocycles. The van der Waals surface area contributed by atoms with Crippen molar-refractivity contribution in [2.45, 2.75) is 57.5 Å². The minimum atomic E-state index is -0.481. The summed E-state index contributed by atoms with van der Waals surface area (Å²) in [5, 5.41) is 13.3. The highest BCUT2D eigenvalue weighted by molar-refractivity contribution is 4.83. The van der Waals surface area contributed by atoms with E-state index in [2.05, 4.69) is 19.2 Å². The van der Waals surface area contributed by atoms with Crippen molar-refractivity contribution in [2.24, 2.45) is 0 Å². The van der Waals surface area contributed by atoms with Crippen LogP contribution in [0.4, 0.5) is 0 Å². The topological polar surface area (TPSA) is 60.0 Å². The molecule has 2 N–H and O–H groups in total. The Balaban J connectivity index is 2.14. The van der Waals surface area contributed by atoms with Crippen molar-refractivity contribution in [3.63, 3.8) is 0 Å². The second-order valence-electron chi connectivity index (χ2n) is 5.96. The molecule has 1 aliphatic rings. The standard InChI is InChI=1S/C14H29NO4/c1-11(9-17-4)18-10-13(16)8-15-12-5-6-19-14(2,3)7-12/h11-13,15-16H,5-10H2,1-4H3. The summed E-state index contributed by atoms with van der Waals surface area (Å²) in [5.41, 5.74) is -0.0651. The second kappa shape index (κ2) is 8.17. The predicted molar refractivity (Wildman–Crippen MR) is 74.4 cm³/mol. The van der Waals surface area contributed by atoms with Crippen LogP contribution in [0.2, 0.25) is 0 Å². The quantitative estimate of drug-likeness (QED) is 0.690. The van der Waals surface area contributed by atoms with E-state index in [9.17, 15) is 5.11 Å². The normalized spacial score (nSPS) is 26.1. The summed E-state index contributed by atoms with van der Waals surface area (Å²) in [6.45, 7) is 8.37. The van der Waals surface area contributed by atoms with E-state index in [0.29, 0.717) is 25.8 Å². The molecule has 0 spiro atoms. The molecule has 0 bridgehead atoms. The zero-order chi connectivity index (χ0) is 14.3. The predicted octanol–water partition coefficient (Wildman–Crippen LogP) is 0.946. The lowest BCUT2D eigenvalue weighted by Gasteiger charge is -2.36. The molecule has 1 aliphatic heterocycles. The maximum absolute atomic E-state index is 9.87. The summed E-state index contributed by atoms with van der Waals surface area (Å²) in [5.74, 6) is 0. The van der Waals surface area contributed by atoms with E-state index in [4.69, 9.17) is 14.2 Å². The molecule has 0 radical (unpaired) electrons. The van der Waals surface area contributed by atoms with Gasteiger partial charge in [-0.1, -0.05) is 0 Å². The number of hydrogen-bond donors (Lipinski definition) is 2. The molecule has 114 valence electrons. The monoisotopic (exact) mass is 275 g/mol. The molecule has 3 unspecified atom stereocenters. The van der Waals surface area contributed by atoms with Crippen LogP contribution >= 0.6 is 0 Å². The highest BCUT2D eigenvalue weighted by Crippen LogP contribution is 2.23. The smallest absolute Gasteiger partial charge is 0.0897 e. The summed E-state index contributed by atoms with van der Waals surface area (Å²) in [7, 11) is 1.64. The van der Waals surface area contributed by atoms with Gasteiger partial charge in [-0.05, 0) is 33.6 Å². The summed E-state index contributed by atoms with van der Waals surface area (Å²) < 4.78 is 16.1. The van der Waals surface area contributed by atoms with Crippen molar-refractivity contribution in [2.75, 3.05) is 33.5 Å². The van der Waals surface area contributed by atoms with Crippen LogP contribution in [0.5, 0.6) is 0 Å². The van der Waals surface area contributed by atoms with E-state index in [0.717, 1.165) is 19.4 Å². The van der Waals surface area contributed by atoms with Crippen molar-refractivity contribution >= 4 is 0 Å². The molecule has 0 aromatic carbocycles. The molecular formula is C14H29NO4. The van der Waals surface area contributed by atoms with Crippen LogP contribution in [0, 0.1) is 0 Å². The third-order valence-electron chi connectivity index (χ3n) is 3.31. The molecule has 0 amide bonds. The SMILES string of the molecule is COCC(C)OCC(O)CNC1CCOC(C)(C)C1. The Morgan fingerprint density at radius 3 is 2.79 bits per heavy atom. The van der Waals surface area contributed by atoms with Gasteiger partial charge in [0.2, 0.25) is 0 Å². The van der Waals surface area contributed by atoms with Crippen LogP contribution in [-0.4, -0.2) is 62.4 Å². The number of methoxy groups -OCH3 is 1. The number of hydrogen-bond acceptors (Lipinski definition) is 5. The van der Waals surface area contributed by atoms with Gasteiger partial charge in [0.05, 0.1) is 31.0 Å². The van der Waals surface area contributed by atoms with Crippen LogP contribution in [-0.2, 0) is 14.2 Å². The van der Waals surface area contributed by atoms with Gasteiger partial charge in [-0.3, -0.25) is 0 Å².